The monoisotopic (exact) mass is 324 g/mol. The van der Waals surface area contributed by atoms with E-state index >= 15 is 0 Å². The molecule has 0 fully saturated rings. The number of ether oxygens (including phenoxy) is 2. The second-order valence-corrected chi connectivity index (χ2v) is 5.01. The van der Waals surface area contributed by atoms with Gasteiger partial charge < -0.3 is 14.6 Å². The Hall–Kier alpha value is -3.28. The number of rotatable bonds is 6. The highest BCUT2D eigenvalue weighted by Crippen LogP contribution is 2.32. The topological polar surface area (TPSA) is 73.6 Å². The van der Waals surface area contributed by atoms with E-state index in [0.717, 1.165) is 11.3 Å². The number of carboxylic acids is 1. The maximum absolute atomic E-state index is 10.8. The van der Waals surface area contributed by atoms with E-state index in [2.05, 4.69) is 5.10 Å². The number of carboxylic acid groups (broad SMARTS) is 1. The third kappa shape index (κ3) is 3.22. The fraction of sp³-hybridized carbons (Fsp3) is 0.111. The van der Waals surface area contributed by atoms with Crippen molar-refractivity contribution in [2.24, 2.45) is 0 Å². The lowest BCUT2D eigenvalue weighted by Gasteiger charge is -2.07. The summed E-state index contributed by atoms with van der Waals surface area (Å²) in [5, 5.41) is 13.3. The molecule has 0 saturated heterocycles. The van der Waals surface area contributed by atoms with Crippen molar-refractivity contribution < 1.29 is 19.4 Å². The Morgan fingerprint density at radius 1 is 1.12 bits per heavy atom. The molecule has 0 amide bonds. The van der Waals surface area contributed by atoms with E-state index in [1.807, 2.05) is 54.6 Å². The van der Waals surface area contributed by atoms with E-state index in [1.165, 1.54) is 0 Å². The molecule has 2 aromatic carbocycles. The van der Waals surface area contributed by atoms with Gasteiger partial charge in [-0.05, 0) is 17.7 Å². The summed E-state index contributed by atoms with van der Waals surface area (Å²) >= 11 is 0. The molecule has 0 aliphatic heterocycles. The number of para-hydroxylation sites is 2. The van der Waals surface area contributed by atoms with Crippen LogP contribution in [0.5, 0.6) is 11.6 Å². The molecule has 1 heterocycles. The number of carbonyl (C=O) groups is 1. The summed E-state index contributed by atoms with van der Waals surface area (Å²) in [5.41, 5.74) is 2.34. The number of aromatic nitrogens is 2. The Morgan fingerprint density at radius 3 is 2.54 bits per heavy atom. The second kappa shape index (κ2) is 6.87. The summed E-state index contributed by atoms with van der Waals surface area (Å²) in [6.07, 6.45) is 1.80. The Morgan fingerprint density at radius 2 is 1.83 bits per heavy atom. The molecule has 0 unspecified atom stereocenters. The van der Waals surface area contributed by atoms with Crippen LogP contribution in [-0.4, -0.2) is 34.6 Å². The molecular weight excluding hydrogens is 308 g/mol. The second-order valence-electron chi connectivity index (χ2n) is 5.01. The molecule has 0 bridgehead atoms. The Bertz CT molecular complexity index is 843. The normalized spacial score (nSPS) is 10.4. The lowest BCUT2D eigenvalue weighted by atomic mass is 10.1. The van der Waals surface area contributed by atoms with Gasteiger partial charge in [-0.25, -0.2) is 9.48 Å². The molecule has 0 spiro atoms. The third-order valence-electron chi connectivity index (χ3n) is 3.43. The SMILES string of the molecule is COc1ccccc1-n1cc(-c2ccccc2)c(OCC(=O)O)n1. The van der Waals surface area contributed by atoms with Gasteiger partial charge in [0.05, 0.1) is 12.7 Å². The van der Waals surface area contributed by atoms with Crippen LogP contribution >= 0.6 is 0 Å². The van der Waals surface area contributed by atoms with Crippen LogP contribution in [0.25, 0.3) is 16.8 Å². The number of methoxy groups -OCH3 is 1. The molecule has 0 saturated carbocycles. The largest absolute Gasteiger partial charge is 0.494 e. The number of aliphatic carboxylic acids is 1. The molecule has 3 rings (SSSR count). The highest BCUT2D eigenvalue weighted by atomic mass is 16.5. The van der Waals surface area contributed by atoms with Crippen LogP contribution in [-0.2, 0) is 4.79 Å². The molecule has 0 aliphatic carbocycles. The molecule has 0 atom stereocenters. The zero-order valence-electron chi connectivity index (χ0n) is 13.0. The molecular formula is C18H16N2O4. The van der Waals surface area contributed by atoms with Gasteiger partial charge in [0.15, 0.2) is 6.61 Å². The van der Waals surface area contributed by atoms with Crippen molar-refractivity contribution in [3.63, 3.8) is 0 Å². The van der Waals surface area contributed by atoms with E-state index in [-0.39, 0.29) is 5.88 Å². The molecule has 1 aromatic heterocycles. The number of hydrogen-bond donors (Lipinski definition) is 1. The minimum absolute atomic E-state index is 0.259. The summed E-state index contributed by atoms with van der Waals surface area (Å²) in [6.45, 7) is -0.456. The van der Waals surface area contributed by atoms with Crippen molar-refractivity contribution >= 4 is 5.97 Å². The summed E-state index contributed by atoms with van der Waals surface area (Å²) < 4.78 is 12.3. The zero-order chi connectivity index (χ0) is 16.9. The minimum Gasteiger partial charge on any atom is -0.494 e. The highest BCUT2D eigenvalue weighted by molar-refractivity contribution is 5.71. The van der Waals surface area contributed by atoms with Crippen molar-refractivity contribution in [2.75, 3.05) is 13.7 Å². The molecule has 0 aliphatic rings. The summed E-state index contributed by atoms with van der Waals surface area (Å²) in [4.78, 5) is 10.8. The Balaban J connectivity index is 2.07. The van der Waals surface area contributed by atoms with Crippen molar-refractivity contribution in [3.05, 3.63) is 60.8 Å². The van der Waals surface area contributed by atoms with E-state index < -0.39 is 12.6 Å². The first-order valence-corrected chi connectivity index (χ1v) is 7.32. The van der Waals surface area contributed by atoms with Crippen molar-refractivity contribution in [1.82, 2.24) is 9.78 Å². The predicted molar refractivity (Wildman–Crippen MR) is 88.7 cm³/mol. The van der Waals surface area contributed by atoms with Gasteiger partial charge in [-0.1, -0.05) is 42.5 Å². The van der Waals surface area contributed by atoms with Gasteiger partial charge >= 0.3 is 5.97 Å². The lowest BCUT2D eigenvalue weighted by Crippen LogP contribution is -2.10. The summed E-state index contributed by atoms with van der Waals surface area (Å²) in [6, 6.07) is 17.0. The van der Waals surface area contributed by atoms with Crippen molar-refractivity contribution in [3.8, 4) is 28.4 Å². The number of hydrogen-bond acceptors (Lipinski definition) is 4. The average molecular weight is 324 g/mol. The summed E-state index contributed by atoms with van der Waals surface area (Å²) in [5.74, 6) is -0.139. The number of benzene rings is 2. The Labute approximate surface area is 138 Å². The molecule has 3 aromatic rings. The fourth-order valence-electron chi connectivity index (χ4n) is 2.35. The van der Waals surface area contributed by atoms with Crippen LogP contribution in [0.3, 0.4) is 0 Å². The van der Waals surface area contributed by atoms with Crippen LogP contribution in [0, 0.1) is 0 Å². The van der Waals surface area contributed by atoms with Crippen LogP contribution in [0.15, 0.2) is 60.8 Å². The van der Waals surface area contributed by atoms with Gasteiger partial charge in [-0.2, -0.15) is 0 Å². The molecule has 24 heavy (non-hydrogen) atoms. The van der Waals surface area contributed by atoms with Gasteiger partial charge in [-0.15, -0.1) is 5.10 Å². The van der Waals surface area contributed by atoms with Crippen molar-refractivity contribution in [1.29, 1.82) is 0 Å². The van der Waals surface area contributed by atoms with Crippen LogP contribution in [0.1, 0.15) is 0 Å². The first-order chi connectivity index (χ1) is 11.7. The number of nitrogens with zero attached hydrogens (tertiary/aromatic N) is 2. The lowest BCUT2D eigenvalue weighted by molar-refractivity contribution is -0.139. The third-order valence-corrected chi connectivity index (χ3v) is 3.43. The van der Waals surface area contributed by atoms with E-state index in [4.69, 9.17) is 14.6 Å². The van der Waals surface area contributed by atoms with Gasteiger partial charge in [0.25, 0.3) is 0 Å². The van der Waals surface area contributed by atoms with Crippen LogP contribution in [0.4, 0.5) is 0 Å². The van der Waals surface area contributed by atoms with Crippen molar-refractivity contribution in [2.45, 2.75) is 0 Å². The maximum Gasteiger partial charge on any atom is 0.341 e. The highest BCUT2D eigenvalue weighted by Gasteiger charge is 2.16. The zero-order valence-corrected chi connectivity index (χ0v) is 13.0. The Kier molecular flexibility index (Phi) is 4.47. The van der Waals surface area contributed by atoms with Gasteiger partial charge in [0.2, 0.25) is 5.88 Å². The molecule has 122 valence electrons. The smallest absolute Gasteiger partial charge is 0.341 e. The van der Waals surface area contributed by atoms with E-state index in [9.17, 15) is 4.79 Å². The first kappa shape index (κ1) is 15.6. The van der Waals surface area contributed by atoms with Gasteiger partial charge in [0.1, 0.15) is 11.4 Å². The standard InChI is InChI=1S/C18H16N2O4/c1-23-16-10-6-5-9-15(16)20-11-14(13-7-3-2-4-8-13)18(19-20)24-12-17(21)22/h2-11H,12H2,1H3,(H,21,22). The molecule has 6 nitrogen and oxygen atoms in total. The predicted octanol–water partition coefficient (Wildman–Crippen LogP) is 3.01. The van der Waals surface area contributed by atoms with E-state index in [1.54, 1.807) is 18.0 Å². The fourth-order valence-corrected chi connectivity index (χ4v) is 2.35. The maximum atomic E-state index is 10.8. The quantitative estimate of drug-likeness (QED) is 0.754. The molecule has 1 N–H and O–H groups in total. The van der Waals surface area contributed by atoms with Gasteiger partial charge in [-0.3, -0.25) is 0 Å². The summed E-state index contributed by atoms with van der Waals surface area (Å²) in [7, 11) is 1.59. The van der Waals surface area contributed by atoms with Crippen LogP contribution in [0.2, 0.25) is 0 Å². The first-order valence-electron chi connectivity index (χ1n) is 7.32. The van der Waals surface area contributed by atoms with E-state index in [0.29, 0.717) is 11.3 Å². The molecule has 0 radical (unpaired) electrons. The minimum atomic E-state index is -1.05. The van der Waals surface area contributed by atoms with Gasteiger partial charge in [0, 0.05) is 6.20 Å². The molecule has 6 heteroatoms. The van der Waals surface area contributed by atoms with Crippen LogP contribution < -0.4 is 9.47 Å². The average Bonchev–Trinajstić information content (AvgIpc) is 3.04.